The zero-order valence-electron chi connectivity index (χ0n) is 16.5. The van der Waals surface area contributed by atoms with Crippen LogP contribution in [0.25, 0.3) is 0 Å². The highest BCUT2D eigenvalue weighted by Gasteiger charge is 2.27. The molecule has 0 spiro atoms. The van der Waals surface area contributed by atoms with Crippen LogP contribution in [0.5, 0.6) is 0 Å². The summed E-state index contributed by atoms with van der Waals surface area (Å²) in [4.78, 5) is 14.1. The smallest absolute Gasteiger partial charge is 0.191 e. The van der Waals surface area contributed by atoms with Crippen LogP contribution in [0.3, 0.4) is 0 Å². The molecule has 0 bridgehead atoms. The van der Waals surface area contributed by atoms with Crippen molar-refractivity contribution >= 4 is 22.4 Å². The minimum Gasteiger partial charge on any atom is -0.357 e. The van der Waals surface area contributed by atoms with E-state index in [4.69, 9.17) is 4.99 Å². The molecule has 1 aromatic heterocycles. The molecule has 0 amide bonds. The highest BCUT2D eigenvalue weighted by atomic mass is 32.1. The lowest BCUT2D eigenvalue weighted by atomic mass is 10.0. The summed E-state index contributed by atoms with van der Waals surface area (Å²) >= 11 is 1.67. The number of aromatic nitrogens is 1. The largest absolute Gasteiger partial charge is 0.357 e. The van der Waals surface area contributed by atoms with Crippen LogP contribution in [0.15, 0.2) is 10.4 Å². The monoisotopic (exact) mass is 378 g/mol. The van der Waals surface area contributed by atoms with E-state index in [-0.39, 0.29) is 0 Å². The molecule has 26 heavy (non-hydrogen) atoms. The summed E-state index contributed by atoms with van der Waals surface area (Å²) in [6, 6.07) is 1.38. The minimum absolute atomic E-state index is 0.526. The van der Waals surface area contributed by atoms with Gasteiger partial charge in [0.1, 0.15) is 0 Å². The van der Waals surface area contributed by atoms with Crippen LogP contribution >= 0.6 is 11.3 Å². The standard InChI is InChI=1S/C19H34N6S/c1-4-20-18(21-13-16-14-26-19(23-16)24(2)3)22-15-9-11-25(12-10-15)17-7-5-6-8-17/h14-15,17H,4-13H2,1-3H3,(H2,20,21,22). The van der Waals surface area contributed by atoms with Crippen molar-refractivity contribution in [2.24, 2.45) is 4.99 Å². The Hall–Kier alpha value is -1.34. The Morgan fingerprint density at radius 1 is 1.27 bits per heavy atom. The quantitative estimate of drug-likeness (QED) is 0.589. The molecular weight excluding hydrogens is 344 g/mol. The normalized spacial score (nSPS) is 20.5. The average Bonchev–Trinajstić information content (AvgIpc) is 3.32. The molecule has 1 aliphatic carbocycles. The molecule has 1 saturated heterocycles. The fourth-order valence-corrected chi connectivity index (χ4v) is 4.68. The van der Waals surface area contributed by atoms with Gasteiger partial charge >= 0.3 is 0 Å². The fourth-order valence-electron chi connectivity index (χ4n) is 3.93. The van der Waals surface area contributed by atoms with E-state index in [0.29, 0.717) is 12.6 Å². The molecule has 0 aromatic carbocycles. The van der Waals surface area contributed by atoms with Gasteiger partial charge in [-0.2, -0.15) is 0 Å². The van der Waals surface area contributed by atoms with Crippen molar-refractivity contribution in [1.29, 1.82) is 0 Å². The number of likely N-dealkylation sites (tertiary alicyclic amines) is 1. The number of aliphatic imine (C=N–C) groups is 1. The molecule has 1 saturated carbocycles. The Bertz CT molecular complexity index is 570. The van der Waals surface area contributed by atoms with Crippen molar-refractivity contribution in [3.63, 3.8) is 0 Å². The summed E-state index contributed by atoms with van der Waals surface area (Å²) in [6.07, 6.45) is 8.08. The average molecular weight is 379 g/mol. The molecule has 0 atom stereocenters. The number of hydrogen-bond acceptors (Lipinski definition) is 5. The first-order chi connectivity index (χ1) is 12.7. The lowest BCUT2D eigenvalue weighted by Gasteiger charge is -2.36. The van der Waals surface area contributed by atoms with E-state index in [1.54, 1.807) is 11.3 Å². The molecule has 2 N–H and O–H groups in total. The van der Waals surface area contributed by atoms with Gasteiger partial charge in [-0.3, -0.25) is 0 Å². The maximum absolute atomic E-state index is 4.75. The van der Waals surface area contributed by atoms with Crippen LogP contribution in [0.4, 0.5) is 5.13 Å². The second-order valence-corrected chi connectivity index (χ2v) is 8.44. The third kappa shape index (κ3) is 5.33. The third-order valence-corrected chi connectivity index (χ3v) is 6.43. The van der Waals surface area contributed by atoms with Gasteiger partial charge in [0, 0.05) is 51.2 Å². The second-order valence-electron chi connectivity index (χ2n) is 7.60. The maximum Gasteiger partial charge on any atom is 0.191 e. The number of nitrogens with zero attached hydrogens (tertiary/aromatic N) is 4. The van der Waals surface area contributed by atoms with Gasteiger partial charge < -0.3 is 20.4 Å². The van der Waals surface area contributed by atoms with E-state index in [0.717, 1.165) is 29.4 Å². The molecule has 1 aliphatic heterocycles. The molecular formula is C19H34N6S. The molecule has 146 valence electrons. The number of hydrogen-bond donors (Lipinski definition) is 2. The summed E-state index contributed by atoms with van der Waals surface area (Å²) in [5, 5.41) is 10.2. The Labute approximate surface area is 162 Å². The SMILES string of the molecule is CCNC(=NCc1csc(N(C)C)n1)NC1CCN(C2CCCC2)CC1. The summed E-state index contributed by atoms with van der Waals surface area (Å²) in [7, 11) is 4.05. The molecule has 3 rings (SSSR count). The highest BCUT2D eigenvalue weighted by molar-refractivity contribution is 7.13. The van der Waals surface area contributed by atoms with Crippen LogP contribution in [-0.2, 0) is 6.54 Å². The van der Waals surface area contributed by atoms with Crippen molar-refractivity contribution < 1.29 is 0 Å². The van der Waals surface area contributed by atoms with Crippen molar-refractivity contribution in [1.82, 2.24) is 20.5 Å². The topological polar surface area (TPSA) is 55.8 Å². The number of anilines is 1. The third-order valence-electron chi connectivity index (χ3n) is 5.38. The van der Waals surface area contributed by atoms with Gasteiger partial charge in [0.15, 0.2) is 11.1 Å². The molecule has 1 aromatic rings. The Morgan fingerprint density at radius 2 is 2.00 bits per heavy atom. The molecule has 2 fully saturated rings. The van der Waals surface area contributed by atoms with Crippen molar-refractivity contribution in [2.75, 3.05) is 38.6 Å². The number of guanidine groups is 1. The second kappa shape index (κ2) is 9.55. The number of thiazole rings is 1. The van der Waals surface area contributed by atoms with Crippen LogP contribution in [-0.4, -0.2) is 61.7 Å². The number of nitrogens with one attached hydrogen (secondary N) is 2. The molecule has 0 unspecified atom stereocenters. The molecule has 2 aliphatic rings. The first kappa shape index (κ1) is 19.4. The van der Waals surface area contributed by atoms with Crippen molar-refractivity contribution in [3.05, 3.63) is 11.1 Å². The molecule has 6 nitrogen and oxygen atoms in total. The minimum atomic E-state index is 0.526. The van der Waals surface area contributed by atoms with Gasteiger partial charge in [-0.05, 0) is 32.6 Å². The summed E-state index contributed by atoms with van der Waals surface area (Å²) < 4.78 is 0. The predicted molar refractivity (Wildman–Crippen MR) is 111 cm³/mol. The Kier molecular flexibility index (Phi) is 7.14. The summed E-state index contributed by atoms with van der Waals surface area (Å²) in [5.74, 6) is 0.922. The molecule has 7 heteroatoms. The predicted octanol–water partition coefficient (Wildman–Crippen LogP) is 2.67. The Balaban J connectivity index is 1.49. The van der Waals surface area contributed by atoms with Gasteiger partial charge in [0.05, 0.1) is 12.2 Å². The van der Waals surface area contributed by atoms with Crippen LogP contribution in [0, 0.1) is 0 Å². The van der Waals surface area contributed by atoms with E-state index >= 15 is 0 Å². The fraction of sp³-hybridized carbons (Fsp3) is 0.789. The van der Waals surface area contributed by atoms with Gasteiger partial charge in [0.2, 0.25) is 0 Å². The molecule has 0 radical (unpaired) electrons. The first-order valence-corrected chi connectivity index (χ1v) is 10.9. The van der Waals surface area contributed by atoms with Gasteiger partial charge in [0.25, 0.3) is 0 Å². The zero-order chi connectivity index (χ0) is 18.4. The van der Waals surface area contributed by atoms with Crippen LogP contribution in [0.2, 0.25) is 0 Å². The van der Waals surface area contributed by atoms with Gasteiger partial charge in [-0.1, -0.05) is 12.8 Å². The van der Waals surface area contributed by atoms with Gasteiger partial charge in [-0.25, -0.2) is 9.98 Å². The number of piperidine rings is 1. The van der Waals surface area contributed by atoms with E-state index in [1.807, 2.05) is 19.0 Å². The Morgan fingerprint density at radius 3 is 2.62 bits per heavy atom. The number of rotatable bonds is 6. The van der Waals surface area contributed by atoms with E-state index < -0.39 is 0 Å². The van der Waals surface area contributed by atoms with Crippen LogP contribution in [0.1, 0.15) is 51.1 Å². The van der Waals surface area contributed by atoms with Crippen molar-refractivity contribution in [2.45, 2.75) is 64.1 Å². The van der Waals surface area contributed by atoms with Crippen molar-refractivity contribution in [3.8, 4) is 0 Å². The first-order valence-electron chi connectivity index (χ1n) is 10.1. The van der Waals surface area contributed by atoms with E-state index in [1.165, 1.54) is 51.6 Å². The lowest BCUT2D eigenvalue weighted by Crippen LogP contribution is -2.50. The lowest BCUT2D eigenvalue weighted by molar-refractivity contribution is 0.150. The molecule has 2 heterocycles. The van der Waals surface area contributed by atoms with E-state index in [9.17, 15) is 0 Å². The summed E-state index contributed by atoms with van der Waals surface area (Å²) in [5.41, 5.74) is 1.03. The maximum atomic E-state index is 4.75. The van der Waals surface area contributed by atoms with Crippen LogP contribution < -0.4 is 15.5 Å². The van der Waals surface area contributed by atoms with E-state index in [2.05, 4.69) is 32.8 Å². The highest BCUT2D eigenvalue weighted by Crippen LogP contribution is 2.26. The zero-order valence-corrected chi connectivity index (χ0v) is 17.3. The summed E-state index contributed by atoms with van der Waals surface area (Å²) in [6.45, 7) is 6.07. The van der Waals surface area contributed by atoms with Gasteiger partial charge in [-0.15, -0.1) is 11.3 Å².